The third-order valence-corrected chi connectivity index (χ3v) is 3.35. The highest BCUT2D eigenvalue weighted by atomic mass is 19.4. The zero-order valence-electron chi connectivity index (χ0n) is 12.2. The number of alkyl halides is 3. The summed E-state index contributed by atoms with van der Waals surface area (Å²) in [6.07, 6.45) is -4.91. The number of hydrogen-bond donors (Lipinski definition) is 1. The first-order chi connectivity index (χ1) is 10.3. The predicted molar refractivity (Wildman–Crippen MR) is 78.4 cm³/mol. The third-order valence-electron chi connectivity index (χ3n) is 3.35. The molecule has 0 aliphatic heterocycles. The van der Waals surface area contributed by atoms with E-state index in [2.05, 4.69) is 5.32 Å². The molecule has 116 valence electrons. The molecule has 0 fully saturated rings. The average Bonchev–Trinajstić information content (AvgIpc) is 2.46. The van der Waals surface area contributed by atoms with E-state index in [1.165, 1.54) is 0 Å². The highest BCUT2D eigenvalue weighted by Crippen LogP contribution is 2.25. The zero-order chi connectivity index (χ0) is 16.3. The van der Waals surface area contributed by atoms with Crippen LogP contribution in [0.25, 0.3) is 0 Å². The van der Waals surface area contributed by atoms with Gasteiger partial charge >= 0.3 is 12.1 Å². The molecule has 0 radical (unpaired) electrons. The van der Waals surface area contributed by atoms with Crippen LogP contribution in [0.3, 0.4) is 0 Å². The predicted octanol–water partition coefficient (Wildman–Crippen LogP) is 4.07. The van der Waals surface area contributed by atoms with Gasteiger partial charge in [-0.2, -0.15) is 13.2 Å². The maximum atomic E-state index is 12.6. The average molecular weight is 307 g/mol. The van der Waals surface area contributed by atoms with E-state index in [1.54, 1.807) is 48.5 Å². The summed E-state index contributed by atoms with van der Waals surface area (Å²) in [5.41, 5.74) is 3.20. The molecule has 0 atom stereocenters. The van der Waals surface area contributed by atoms with Crippen molar-refractivity contribution in [3.05, 3.63) is 70.8 Å². The summed E-state index contributed by atoms with van der Waals surface area (Å²) >= 11 is 0. The van der Waals surface area contributed by atoms with Crippen LogP contribution in [0.4, 0.5) is 13.2 Å². The van der Waals surface area contributed by atoms with E-state index >= 15 is 0 Å². The van der Waals surface area contributed by atoms with Crippen molar-refractivity contribution in [3.63, 3.8) is 0 Å². The monoisotopic (exact) mass is 307 g/mol. The zero-order valence-corrected chi connectivity index (χ0v) is 12.2. The van der Waals surface area contributed by atoms with E-state index in [0.717, 1.165) is 11.1 Å². The summed E-state index contributed by atoms with van der Waals surface area (Å²) in [6, 6.07) is 13.2. The van der Waals surface area contributed by atoms with E-state index < -0.39 is 18.1 Å². The number of hydrogen-bond acceptors (Lipinski definition) is 1. The smallest absolute Gasteiger partial charge is 0.337 e. The molecule has 0 unspecified atom stereocenters. The summed E-state index contributed by atoms with van der Waals surface area (Å²) in [6.45, 7) is 3.78. The van der Waals surface area contributed by atoms with Crippen LogP contribution in [0.2, 0.25) is 0 Å². The van der Waals surface area contributed by atoms with Crippen LogP contribution in [-0.2, 0) is 4.79 Å². The lowest BCUT2D eigenvalue weighted by atomic mass is 9.97. The van der Waals surface area contributed by atoms with Gasteiger partial charge < -0.3 is 5.32 Å². The second-order valence-electron chi connectivity index (χ2n) is 5.23. The fourth-order valence-electron chi connectivity index (χ4n) is 2.09. The molecule has 0 aliphatic carbocycles. The molecule has 0 aromatic heterocycles. The van der Waals surface area contributed by atoms with Crippen molar-refractivity contribution in [2.45, 2.75) is 26.1 Å². The molecular formula is C17H16F3NO. The minimum atomic E-state index is -4.91. The van der Waals surface area contributed by atoms with E-state index in [1.807, 2.05) is 13.8 Å². The number of aryl methyl sites for hydroxylation is 2. The van der Waals surface area contributed by atoms with Crippen LogP contribution in [0.15, 0.2) is 48.5 Å². The molecule has 2 nitrogen and oxygen atoms in total. The molecule has 22 heavy (non-hydrogen) atoms. The largest absolute Gasteiger partial charge is 0.471 e. The fraction of sp³-hybridized carbons (Fsp3) is 0.235. The lowest BCUT2D eigenvalue weighted by molar-refractivity contribution is -0.174. The van der Waals surface area contributed by atoms with Crippen LogP contribution < -0.4 is 5.32 Å². The van der Waals surface area contributed by atoms with E-state index in [-0.39, 0.29) is 0 Å². The molecule has 0 aliphatic rings. The Morgan fingerprint density at radius 3 is 1.55 bits per heavy atom. The Morgan fingerprint density at radius 2 is 1.23 bits per heavy atom. The summed E-state index contributed by atoms with van der Waals surface area (Å²) in [7, 11) is 0. The molecule has 0 saturated carbocycles. The molecule has 0 heterocycles. The van der Waals surface area contributed by atoms with Gasteiger partial charge in [0.25, 0.3) is 0 Å². The Labute approximate surface area is 127 Å². The number of nitrogens with one attached hydrogen (secondary N) is 1. The molecule has 0 spiro atoms. The molecule has 0 bridgehead atoms. The highest BCUT2D eigenvalue weighted by Gasteiger charge is 2.40. The van der Waals surface area contributed by atoms with Gasteiger partial charge in [-0.05, 0) is 25.0 Å². The second-order valence-corrected chi connectivity index (χ2v) is 5.23. The number of rotatable bonds is 3. The molecule has 2 aromatic rings. The van der Waals surface area contributed by atoms with Gasteiger partial charge in [0.2, 0.25) is 0 Å². The van der Waals surface area contributed by atoms with Gasteiger partial charge in [-0.15, -0.1) is 0 Å². The van der Waals surface area contributed by atoms with Crippen LogP contribution in [0.1, 0.15) is 28.3 Å². The molecule has 2 rings (SSSR count). The molecule has 0 saturated heterocycles. The minimum Gasteiger partial charge on any atom is -0.337 e. The number of amides is 1. The van der Waals surface area contributed by atoms with Crippen molar-refractivity contribution in [1.29, 1.82) is 0 Å². The van der Waals surface area contributed by atoms with Gasteiger partial charge in [-0.3, -0.25) is 4.79 Å². The fourth-order valence-corrected chi connectivity index (χ4v) is 2.09. The third kappa shape index (κ3) is 3.87. The van der Waals surface area contributed by atoms with Gasteiger partial charge in [0, 0.05) is 0 Å². The number of benzene rings is 2. The molecule has 5 heteroatoms. The standard InChI is InChI=1S/C17H16F3NO/c1-11-3-7-13(8-4-11)15(21-16(22)17(18,19)20)14-9-5-12(2)6-10-14/h3-10,15H,1-2H3,(H,21,22). The molecule has 1 amide bonds. The van der Waals surface area contributed by atoms with Crippen molar-refractivity contribution in [2.75, 3.05) is 0 Å². The van der Waals surface area contributed by atoms with Crippen LogP contribution >= 0.6 is 0 Å². The number of carbonyl (C=O) groups is 1. The van der Waals surface area contributed by atoms with Crippen molar-refractivity contribution < 1.29 is 18.0 Å². The van der Waals surface area contributed by atoms with E-state index in [0.29, 0.717) is 11.1 Å². The molecule has 1 N–H and O–H groups in total. The van der Waals surface area contributed by atoms with Gasteiger partial charge in [0.05, 0.1) is 6.04 Å². The lowest BCUT2D eigenvalue weighted by Gasteiger charge is -2.21. The summed E-state index contributed by atoms with van der Waals surface area (Å²) in [4.78, 5) is 11.3. The SMILES string of the molecule is Cc1ccc(C(NC(=O)C(F)(F)F)c2ccc(C)cc2)cc1. The first-order valence-electron chi connectivity index (χ1n) is 6.78. The Hall–Kier alpha value is -2.30. The topological polar surface area (TPSA) is 29.1 Å². The van der Waals surface area contributed by atoms with E-state index in [4.69, 9.17) is 0 Å². The van der Waals surface area contributed by atoms with Gasteiger partial charge in [-0.1, -0.05) is 59.7 Å². The van der Waals surface area contributed by atoms with Gasteiger partial charge in [0.1, 0.15) is 0 Å². The lowest BCUT2D eigenvalue weighted by Crippen LogP contribution is -2.39. The van der Waals surface area contributed by atoms with Crippen molar-refractivity contribution in [2.24, 2.45) is 0 Å². The quantitative estimate of drug-likeness (QED) is 0.910. The normalized spacial score (nSPS) is 11.5. The van der Waals surface area contributed by atoms with Crippen LogP contribution in [-0.4, -0.2) is 12.1 Å². The first kappa shape index (κ1) is 16.1. The maximum Gasteiger partial charge on any atom is 0.471 e. The highest BCUT2D eigenvalue weighted by molar-refractivity contribution is 5.82. The Bertz CT molecular complexity index is 600. The van der Waals surface area contributed by atoms with Crippen LogP contribution in [0, 0.1) is 13.8 Å². The van der Waals surface area contributed by atoms with Gasteiger partial charge in [-0.25, -0.2) is 0 Å². The summed E-state index contributed by atoms with van der Waals surface area (Å²) < 4.78 is 37.7. The van der Waals surface area contributed by atoms with Crippen molar-refractivity contribution >= 4 is 5.91 Å². The molecular weight excluding hydrogens is 291 g/mol. The molecule has 2 aromatic carbocycles. The Morgan fingerprint density at radius 1 is 0.864 bits per heavy atom. The summed E-state index contributed by atoms with van der Waals surface area (Å²) in [5.74, 6) is -1.95. The van der Waals surface area contributed by atoms with Crippen molar-refractivity contribution in [1.82, 2.24) is 5.32 Å². The van der Waals surface area contributed by atoms with Crippen LogP contribution in [0.5, 0.6) is 0 Å². The number of carbonyl (C=O) groups excluding carboxylic acids is 1. The maximum absolute atomic E-state index is 12.6. The minimum absolute atomic E-state index is 0.604. The Kier molecular flexibility index (Phi) is 4.54. The summed E-state index contributed by atoms with van der Waals surface area (Å²) in [5, 5.41) is 2.06. The van der Waals surface area contributed by atoms with Crippen molar-refractivity contribution in [3.8, 4) is 0 Å². The Balaban J connectivity index is 2.38. The van der Waals surface area contributed by atoms with Gasteiger partial charge in [0.15, 0.2) is 0 Å². The van der Waals surface area contributed by atoms with E-state index in [9.17, 15) is 18.0 Å². The first-order valence-corrected chi connectivity index (χ1v) is 6.78. The second kappa shape index (κ2) is 6.22. The number of halogens is 3.